The van der Waals surface area contributed by atoms with Gasteiger partial charge in [0.1, 0.15) is 24.2 Å². The second-order valence-electron chi connectivity index (χ2n) is 8.54. The van der Waals surface area contributed by atoms with Crippen LogP contribution in [0.25, 0.3) is 0 Å². The Morgan fingerprint density at radius 1 is 0.882 bits per heavy atom. The second-order valence-corrected chi connectivity index (χ2v) is 8.54. The number of amides is 3. The second kappa shape index (κ2) is 12.4. The Balaban J connectivity index is 2.12. The first-order valence-corrected chi connectivity index (χ1v) is 10.8. The van der Waals surface area contributed by atoms with Gasteiger partial charge in [-0.2, -0.15) is 0 Å². The molecule has 0 fully saturated rings. The van der Waals surface area contributed by atoms with Gasteiger partial charge in [-0.25, -0.2) is 9.59 Å². The Morgan fingerprint density at radius 3 is 2.03 bits per heavy atom. The van der Waals surface area contributed by atoms with Crippen LogP contribution in [-0.4, -0.2) is 49.2 Å². The van der Waals surface area contributed by atoms with Crippen LogP contribution in [0.15, 0.2) is 60.7 Å². The summed E-state index contributed by atoms with van der Waals surface area (Å²) in [5, 5.41) is 7.64. The lowest BCUT2D eigenvalue weighted by Crippen LogP contribution is -2.50. The molecule has 0 aliphatic carbocycles. The van der Waals surface area contributed by atoms with Gasteiger partial charge in [0.25, 0.3) is 0 Å². The average Bonchev–Trinajstić information content (AvgIpc) is 2.80. The fourth-order valence-electron chi connectivity index (χ4n) is 3.06. The molecule has 0 saturated heterocycles. The van der Waals surface area contributed by atoms with Gasteiger partial charge in [0.15, 0.2) is 0 Å². The first kappa shape index (κ1) is 26.4. The van der Waals surface area contributed by atoms with Crippen LogP contribution >= 0.6 is 0 Å². The van der Waals surface area contributed by atoms with E-state index in [2.05, 4.69) is 16.0 Å². The molecule has 9 heteroatoms. The van der Waals surface area contributed by atoms with E-state index in [1.165, 1.54) is 7.11 Å². The van der Waals surface area contributed by atoms with Crippen LogP contribution in [0, 0.1) is 0 Å². The molecule has 9 nitrogen and oxygen atoms in total. The third-order valence-corrected chi connectivity index (χ3v) is 4.58. The van der Waals surface area contributed by atoms with E-state index in [1.807, 2.05) is 30.3 Å². The van der Waals surface area contributed by atoms with Gasteiger partial charge in [-0.3, -0.25) is 9.59 Å². The highest BCUT2D eigenvalue weighted by Gasteiger charge is 2.29. The highest BCUT2D eigenvalue weighted by Crippen LogP contribution is 2.14. The highest BCUT2D eigenvalue weighted by molar-refractivity contribution is 5.92. The molecule has 0 unspecified atom stereocenters. The van der Waals surface area contributed by atoms with Crippen molar-refractivity contribution < 1.29 is 28.7 Å². The van der Waals surface area contributed by atoms with Crippen LogP contribution in [-0.2, 0) is 30.3 Å². The van der Waals surface area contributed by atoms with E-state index in [-0.39, 0.29) is 6.42 Å². The van der Waals surface area contributed by atoms with Crippen LogP contribution in [0.4, 0.5) is 4.79 Å². The number of rotatable bonds is 9. The van der Waals surface area contributed by atoms with Gasteiger partial charge in [-0.1, -0.05) is 60.7 Å². The lowest BCUT2D eigenvalue weighted by molar-refractivity contribution is -0.145. The smallest absolute Gasteiger partial charge is 0.408 e. The number of ether oxygens (including phenoxy) is 2. The topological polar surface area (TPSA) is 123 Å². The number of carbonyl (C=O) groups is 4. The first-order chi connectivity index (χ1) is 16.1. The molecule has 0 bridgehead atoms. The van der Waals surface area contributed by atoms with E-state index >= 15 is 0 Å². The van der Waals surface area contributed by atoms with E-state index in [0.29, 0.717) is 5.56 Å². The molecule has 0 aliphatic rings. The standard InChI is InChI=1S/C25H31N3O6/c1-25(2,3)34-24(32)26-16-20(29)28-21(18-13-9-6-10-14-18)22(30)27-19(23(31)33-4)15-17-11-7-5-8-12-17/h5-14,19,21H,15-16H2,1-4H3,(H,26,32)(H,27,30)(H,28,29)/t19-,21-/m0/s1. The first-order valence-electron chi connectivity index (χ1n) is 10.8. The molecule has 2 aromatic carbocycles. The summed E-state index contributed by atoms with van der Waals surface area (Å²) in [6, 6.07) is 15.7. The number of esters is 1. The Kier molecular flexibility index (Phi) is 9.61. The van der Waals surface area contributed by atoms with E-state index in [9.17, 15) is 19.2 Å². The molecule has 3 amide bonds. The predicted octanol–water partition coefficient (Wildman–Crippen LogP) is 2.27. The number of benzene rings is 2. The van der Waals surface area contributed by atoms with E-state index in [1.54, 1.807) is 51.1 Å². The molecule has 182 valence electrons. The molecule has 2 atom stereocenters. The van der Waals surface area contributed by atoms with Crippen LogP contribution < -0.4 is 16.0 Å². The van der Waals surface area contributed by atoms with Gasteiger partial charge in [-0.05, 0) is 31.9 Å². The van der Waals surface area contributed by atoms with Gasteiger partial charge in [0.2, 0.25) is 11.8 Å². The summed E-state index contributed by atoms with van der Waals surface area (Å²) in [7, 11) is 1.24. The minimum Gasteiger partial charge on any atom is -0.467 e. The molecular weight excluding hydrogens is 438 g/mol. The van der Waals surface area contributed by atoms with Crippen LogP contribution in [0.1, 0.15) is 37.9 Å². The molecule has 0 aliphatic heterocycles. The molecule has 3 N–H and O–H groups in total. The maximum Gasteiger partial charge on any atom is 0.408 e. The van der Waals surface area contributed by atoms with Gasteiger partial charge in [0.05, 0.1) is 7.11 Å². The minimum atomic E-state index is -1.10. The normalized spacial score (nSPS) is 12.6. The number of carbonyl (C=O) groups excluding carboxylic acids is 4. The van der Waals surface area contributed by atoms with Crippen molar-refractivity contribution in [2.45, 2.75) is 44.9 Å². The number of hydrogen-bond acceptors (Lipinski definition) is 6. The van der Waals surface area contributed by atoms with E-state index in [4.69, 9.17) is 9.47 Å². The zero-order valence-electron chi connectivity index (χ0n) is 19.8. The van der Waals surface area contributed by atoms with Crippen molar-refractivity contribution in [3.8, 4) is 0 Å². The largest absolute Gasteiger partial charge is 0.467 e. The van der Waals surface area contributed by atoms with Gasteiger partial charge < -0.3 is 25.4 Å². The van der Waals surface area contributed by atoms with E-state index in [0.717, 1.165) is 5.56 Å². The summed E-state index contributed by atoms with van der Waals surface area (Å²) in [6.07, 6.45) is -0.536. The fraction of sp³-hybridized carbons (Fsp3) is 0.360. The molecule has 2 rings (SSSR count). The molecule has 0 aromatic heterocycles. The molecule has 0 saturated carbocycles. The number of hydrogen-bond donors (Lipinski definition) is 3. The van der Waals surface area contributed by atoms with Gasteiger partial charge in [0, 0.05) is 6.42 Å². The monoisotopic (exact) mass is 469 g/mol. The number of nitrogens with one attached hydrogen (secondary N) is 3. The molecule has 2 aromatic rings. The van der Waals surface area contributed by atoms with Crippen molar-refractivity contribution in [2.24, 2.45) is 0 Å². The van der Waals surface area contributed by atoms with Crippen molar-refractivity contribution in [1.82, 2.24) is 16.0 Å². The third kappa shape index (κ3) is 8.93. The number of alkyl carbamates (subject to hydrolysis) is 1. The Labute approximate surface area is 199 Å². The highest BCUT2D eigenvalue weighted by atomic mass is 16.6. The van der Waals surface area contributed by atoms with Gasteiger partial charge >= 0.3 is 12.1 Å². The molecule has 0 radical (unpaired) electrons. The summed E-state index contributed by atoms with van der Waals surface area (Å²) in [5.74, 6) is -1.81. The SMILES string of the molecule is COC(=O)[C@H](Cc1ccccc1)NC(=O)[C@@H](NC(=O)CNC(=O)OC(C)(C)C)c1ccccc1. The Hall–Kier alpha value is -3.88. The maximum atomic E-state index is 13.2. The fourth-order valence-corrected chi connectivity index (χ4v) is 3.06. The van der Waals surface area contributed by atoms with Crippen LogP contribution in [0.5, 0.6) is 0 Å². The zero-order valence-corrected chi connectivity index (χ0v) is 19.8. The summed E-state index contributed by atoms with van der Waals surface area (Å²) < 4.78 is 9.97. The lowest BCUT2D eigenvalue weighted by Gasteiger charge is -2.23. The average molecular weight is 470 g/mol. The van der Waals surface area contributed by atoms with Gasteiger partial charge in [-0.15, -0.1) is 0 Å². The van der Waals surface area contributed by atoms with E-state index < -0.39 is 48.1 Å². The maximum absolute atomic E-state index is 13.2. The molecule has 0 spiro atoms. The molecule has 0 heterocycles. The summed E-state index contributed by atoms with van der Waals surface area (Å²) in [6.45, 7) is 4.72. The molecule has 34 heavy (non-hydrogen) atoms. The minimum absolute atomic E-state index is 0.217. The predicted molar refractivity (Wildman–Crippen MR) is 126 cm³/mol. The quantitative estimate of drug-likeness (QED) is 0.484. The Bertz CT molecular complexity index is 973. The summed E-state index contributed by atoms with van der Waals surface area (Å²) in [5.41, 5.74) is 0.628. The van der Waals surface area contributed by atoms with Crippen molar-refractivity contribution in [2.75, 3.05) is 13.7 Å². The Morgan fingerprint density at radius 2 is 1.47 bits per heavy atom. The zero-order chi connectivity index (χ0) is 25.1. The third-order valence-electron chi connectivity index (χ3n) is 4.58. The molecular formula is C25H31N3O6. The van der Waals surface area contributed by atoms with Crippen LogP contribution in [0.3, 0.4) is 0 Å². The lowest BCUT2D eigenvalue weighted by atomic mass is 10.0. The summed E-state index contributed by atoms with van der Waals surface area (Å²) >= 11 is 0. The van der Waals surface area contributed by atoms with Crippen molar-refractivity contribution in [3.05, 3.63) is 71.8 Å². The van der Waals surface area contributed by atoms with Crippen molar-refractivity contribution in [1.29, 1.82) is 0 Å². The number of methoxy groups -OCH3 is 1. The van der Waals surface area contributed by atoms with Crippen molar-refractivity contribution in [3.63, 3.8) is 0 Å². The van der Waals surface area contributed by atoms with Crippen LogP contribution in [0.2, 0.25) is 0 Å². The van der Waals surface area contributed by atoms with Crippen molar-refractivity contribution >= 4 is 23.9 Å². The summed E-state index contributed by atoms with van der Waals surface area (Å²) in [4.78, 5) is 49.9.